The molecule has 1 atom stereocenters. The summed E-state index contributed by atoms with van der Waals surface area (Å²) < 4.78 is 12.3. The van der Waals surface area contributed by atoms with Crippen molar-refractivity contribution in [3.8, 4) is 17.0 Å². The molecule has 0 bridgehead atoms. The van der Waals surface area contributed by atoms with Crippen LogP contribution in [0, 0.1) is 0 Å². The minimum absolute atomic E-state index is 0.211. The number of hydrogen-bond donors (Lipinski definition) is 1. The van der Waals surface area contributed by atoms with Crippen LogP contribution >= 0.6 is 34.5 Å². The molecular weight excluding hydrogens is 545 g/mol. The summed E-state index contributed by atoms with van der Waals surface area (Å²) in [4.78, 5) is 21.3. The molecular formula is C27H27Cl2N5O3S. The third-order valence-electron chi connectivity index (χ3n) is 7.25. The molecule has 2 aromatic carbocycles. The number of halogens is 2. The third kappa shape index (κ3) is 4.62. The van der Waals surface area contributed by atoms with E-state index in [9.17, 15) is 4.79 Å². The molecule has 2 fully saturated rings. The zero-order chi connectivity index (χ0) is 26.6. The minimum Gasteiger partial charge on any atom is -0.495 e. The van der Waals surface area contributed by atoms with Gasteiger partial charge in [-0.05, 0) is 44.0 Å². The molecule has 0 radical (unpaired) electrons. The number of anilines is 1. The topological polar surface area (TPSA) is 97.7 Å². The van der Waals surface area contributed by atoms with Gasteiger partial charge in [-0.3, -0.25) is 9.69 Å². The highest BCUT2D eigenvalue weighted by Gasteiger charge is 2.35. The van der Waals surface area contributed by atoms with Crippen molar-refractivity contribution in [1.82, 2.24) is 15.0 Å². The van der Waals surface area contributed by atoms with Gasteiger partial charge in [0.25, 0.3) is 0 Å². The van der Waals surface area contributed by atoms with Crippen LogP contribution in [0.3, 0.4) is 0 Å². The fourth-order valence-electron chi connectivity index (χ4n) is 5.15. The number of nitrogens with zero attached hydrogens (tertiary/aromatic N) is 4. The summed E-state index contributed by atoms with van der Waals surface area (Å²) >= 11 is 14.7. The summed E-state index contributed by atoms with van der Waals surface area (Å²) in [7, 11) is 1.59. The predicted molar refractivity (Wildman–Crippen MR) is 151 cm³/mol. The van der Waals surface area contributed by atoms with Crippen LogP contribution in [0.15, 0.2) is 34.9 Å². The molecule has 1 amide bonds. The average molecular weight is 573 g/mol. The maximum absolute atomic E-state index is 11.8. The molecule has 2 N–H and O–H groups in total. The second kappa shape index (κ2) is 10.0. The zero-order valence-corrected chi connectivity index (χ0v) is 23.4. The van der Waals surface area contributed by atoms with Crippen LogP contribution in [-0.2, 0) is 6.54 Å². The lowest BCUT2D eigenvalue weighted by atomic mass is 10.0. The second-order valence-electron chi connectivity index (χ2n) is 9.91. The number of benzene rings is 2. The van der Waals surface area contributed by atoms with Crippen LogP contribution < -0.4 is 15.4 Å². The average Bonchev–Trinajstić information content (AvgIpc) is 3.51. The van der Waals surface area contributed by atoms with Crippen molar-refractivity contribution in [2.45, 2.75) is 38.3 Å². The van der Waals surface area contributed by atoms with Crippen LogP contribution in [0.4, 0.5) is 5.13 Å². The van der Waals surface area contributed by atoms with Crippen molar-refractivity contribution in [3.63, 3.8) is 0 Å². The molecule has 1 unspecified atom stereocenters. The molecule has 8 nitrogen and oxygen atoms in total. The van der Waals surface area contributed by atoms with Gasteiger partial charge in [-0.25, -0.2) is 4.98 Å². The molecule has 1 saturated heterocycles. The van der Waals surface area contributed by atoms with Gasteiger partial charge in [0.2, 0.25) is 5.91 Å². The lowest BCUT2D eigenvalue weighted by Gasteiger charge is -2.39. The first-order valence-corrected chi connectivity index (χ1v) is 14.1. The third-order valence-corrected chi connectivity index (χ3v) is 9.01. The summed E-state index contributed by atoms with van der Waals surface area (Å²) in [5.41, 5.74) is 9.15. The first-order chi connectivity index (χ1) is 18.3. The van der Waals surface area contributed by atoms with E-state index in [0.29, 0.717) is 39.3 Å². The SMILES string of the molecule is COc1cc(C(N)=O)cc2nc(N3CCN(Cc4c(-c5c(Cl)cccc5Cl)noc4C4CC4)CC3C)sc12. The monoisotopic (exact) mass is 571 g/mol. The molecule has 3 heterocycles. The number of piperazine rings is 1. The number of hydrogen-bond acceptors (Lipinski definition) is 8. The lowest BCUT2D eigenvalue weighted by molar-refractivity contribution is 0.1000. The number of carbonyl (C=O) groups is 1. The molecule has 2 aliphatic rings. The first kappa shape index (κ1) is 25.4. The van der Waals surface area contributed by atoms with Gasteiger partial charge in [0.15, 0.2) is 5.13 Å². The summed E-state index contributed by atoms with van der Waals surface area (Å²) in [6, 6.07) is 9.11. The molecule has 2 aromatic heterocycles. The Morgan fingerprint density at radius 3 is 2.66 bits per heavy atom. The van der Waals surface area contributed by atoms with Gasteiger partial charge in [-0.15, -0.1) is 0 Å². The smallest absolute Gasteiger partial charge is 0.248 e. The van der Waals surface area contributed by atoms with Gasteiger partial charge >= 0.3 is 0 Å². The highest BCUT2D eigenvalue weighted by Crippen LogP contribution is 2.46. The van der Waals surface area contributed by atoms with E-state index in [1.807, 2.05) is 18.2 Å². The number of primary amides is 1. The Morgan fingerprint density at radius 2 is 2.00 bits per heavy atom. The van der Waals surface area contributed by atoms with E-state index in [2.05, 4.69) is 21.9 Å². The van der Waals surface area contributed by atoms with E-state index >= 15 is 0 Å². The largest absolute Gasteiger partial charge is 0.495 e. The van der Waals surface area contributed by atoms with Crippen molar-refractivity contribution in [2.75, 3.05) is 31.6 Å². The Bertz CT molecular complexity index is 1510. The molecule has 198 valence electrons. The van der Waals surface area contributed by atoms with Gasteiger partial charge in [0, 0.05) is 54.8 Å². The summed E-state index contributed by atoms with van der Waals surface area (Å²) in [5, 5.41) is 6.48. The highest BCUT2D eigenvalue weighted by atomic mass is 35.5. The number of methoxy groups -OCH3 is 1. The molecule has 0 spiro atoms. The molecule has 6 rings (SSSR count). The number of rotatable bonds is 7. The van der Waals surface area contributed by atoms with E-state index in [4.69, 9.17) is 43.2 Å². The summed E-state index contributed by atoms with van der Waals surface area (Å²) in [6.07, 6.45) is 2.22. The van der Waals surface area contributed by atoms with Crippen molar-refractivity contribution >= 4 is 55.8 Å². The lowest BCUT2D eigenvalue weighted by Crippen LogP contribution is -2.51. The van der Waals surface area contributed by atoms with Gasteiger partial charge in [0.1, 0.15) is 17.2 Å². The molecule has 38 heavy (non-hydrogen) atoms. The van der Waals surface area contributed by atoms with Crippen LogP contribution in [0.2, 0.25) is 10.0 Å². The maximum atomic E-state index is 11.8. The van der Waals surface area contributed by atoms with Crippen LogP contribution in [0.5, 0.6) is 5.75 Å². The molecule has 4 aromatic rings. The minimum atomic E-state index is -0.501. The van der Waals surface area contributed by atoms with E-state index in [0.717, 1.165) is 64.9 Å². The first-order valence-electron chi connectivity index (χ1n) is 12.5. The standard InChI is InChI=1S/C27H27Cl2N5O3S/c1-14-12-33(8-9-34(14)27-31-20-10-16(26(30)35)11-21(36-2)25(20)38-27)13-17-23(32-37-24(17)15-6-7-15)22-18(28)4-3-5-19(22)29/h3-5,10-11,14-15H,6-9,12-13H2,1-2H3,(H2,30,35). The summed E-state index contributed by atoms with van der Waals surface area (Å²) in [5.74, 6) is 1.47. The quantitative estimate of drug-likeness (QED) is 0.292. The number of ether oxygens (including phenoxy) is 1. The highest BCUT2D eigenvalue weighted by molar-refractivity contribution is 7.22. The van der Waals surface area contributed by atoms with Crippen molar-refractivity contribution in [1.29, 1.82) is 0 Å². The van der Waals surface area contributed by atoms with Gasteiger partial charge in [-0.2, -0.15) is 0 Å². The van der Waals surface area contributed by atoms with Crippen LogP contribution in [0.25, 0.3) is 21.5 Å². The molecule has 1 saturated carbocycles. The van der Waals surface area contributed by atoms with Gasteiger partial charge in [-0.1, -0.05) is 45.8 Å². The Kier molecular flexibility index (Phi) is 6.72. The van der Waals surface area contributed by atoms with Crippen molar-refractivity contribution in [2.24, 2.45) is 5.73 Å². The fraction of sp³-hybridized carbons (Fsp3) is 0.370. The summed E-state index contributed by atoms with van der Waals surface area (Å²) in [6.45, 7) is 5.39. The van der Waals surface area contributed by atoms with Crippen LogP contribution in [-0.4, -0.2) is 53.7 Å². The maximum Gasteiger partial charge on any atom is 0.248 e. The fourth-order valence-corrected chi connectivity index (χ4v) is 6.90. The van der Waals surface area contributed by atoms with E-state index in [-0.39, 0.29) is 6.04 Å². The molecule has 1 aliphatic carbocycles. The number of aromatic nitrogens is 2. The zero-order valence-electron chi connectivity index (χ0n) is 21.0. The Labute approximate surface area is 234 Å². The van der Waals surface area contributed by atoms with E-state index in [1.165, 1.54) is 0 Å². The Hall–Kier alpha value is -2.85. The number of thiazole rings is 1. The number of carbonyl (C=O) groups excluding carboxylic acids is 1. The Balaban J connectivity index is 1.25. The normalized spacial score (nSPS) is 18.3. The van der Waals surface area contributed by atoms with Crippen molar-refractivity contribution < 1.29 is 14.1 Å². The van der Waals surface area contributed by atoms with Crippen molar-refractivity contribution in [3.05, 3.63) is 57.3 Å². The second-order valence-corrected chi connectivity index (χ2v) is 11.7. The Morgan fingerprint density at radius 1 is 1.24 bits per heavy atom. The van der Waals surface area contributed by atoms with E-state index in [1.54, 1.807) is 30.6 Å². The van der Waals surface area contributed by atoms with Crippen LogP contribution in [0.1, 0.15) is 47.4 Å². The van der Waals surface area contributed by atoms with Gasteiger partial charge < -0.3 is 19.9 Å². The number of fused-ring (bicyclic) bond motifs is 1. The molecule has 1 aliphatic heterocycles. The number of amides is 1. The van der Waals surface area contributed by atoms with E-state index < -0.39 is 5.91 Å². The molecule has 11 heteroatoms. The number of nitrogens with two attached hydrogens (primary N) is 1. The predicted octanol–water partition coefficient (Wildman–Crippen LogP) is 5.95. The van der Waals surface area contributed by atoms with Gasteiger partial charge in [0.05, 0.1) is 27.4 Å².